The molecule has 0 aliphatic carbocycles. The molecule has 2 rings (SSSR count). The Hall–Kier alpha value is -1.06. The fourth-order valence-corrected chi connectivity index (χ4v) is 3.69. The molecule has 0 aromatic heterocycles. The third-order valence-electron chi connectivity index (χ3n) is 4.65. The van der Waals surface area contributed by atoms with E-state index in [1.54, 1.807) is 18.2 Å². The van der Waals surface area contributed by atoms with Crippen molar-refractivity contribution in [3.8, 4) is 0 Å². The lowest BCUT2D eigenvalue weighted by atomic mass is 9.74. The second-order valence-electron chi connectivity index (χ2n) is 7.30. The molecule has 0 radical (unpaired) electrons. The molecule has 1 aromatic rings. The number of carboxylic acid groups (broad SMARTS) is 1. The monoisotopic (exact) mass is 323 g/mol. The summed E-state index contributed by atoms with van der Waals surface area (Å²) < 4.78 is 0. The topological polar surface area (TPSA) is 40.5 Å². The van der Waals surface area contributed by atoms with Crippen LogP contribution in [0, 0.1) is 11.3 Å². The molecule has 1 aromatic carbocycles. The SMILES string of the molecule is CC(C)CC1(C)CCN(Cc2cc(C(=O)O)ccc2Cl)CC1. The predicted molar refractivity (Wildman–Crippen MR) is 90.5 cm³/mol. The molecule has 1 aliphatic rings. The molecule has 0 bridgehead atoms. The van der Waals surface area contributed by atoms with Gasteiger partial charge >= 0.3 is 5.97 Å². The van der Waals surface area contributed by atoms with Crippen LogP contribution in [-0.4, -0.2) is 29.1 Å². The van der Waals surface area contributed by atoms with Crippen molar-refractivity contribution in [2.75, 3.05) is 13.1 Å². The Balaban J connectivity index is 1.99. The minimum Gasteiger partial charge on any atom is -0.478 e. The van der Waals surface area contributed by atoms with Gasteiger partial charge in [-0.2, -0.15) is 0 Å². The molecular formula is C18H26ClNO2. The number of hydrogen-bond acceptors (Lipinski definition) is 2. The second-order valence-corrected chi connectivity index (χ2v) is 7.70. The van der Waals surface area contributed by atoms with Crippen LogP contribution in [0.2, 0.25) is 5.02 Å². The van der Waals surface area contributed by atoms with Crippen molar-refractivity contribution < 1.29 is 9.90 Å². The van der Waals surface area contributed by atoms with Gasteiger partial charge in [-0.1, -0.05) is 32.4 Å². The Kier molecular flexibility index (Phi) is 5.51. The molecule has 0 unspecified atom stereocenters. The zero-order valence-electron chi connectivity index (χ0n) is 13.7. The molecule has 1 aliphatic heterocycles. The maximum atomic E-state index is 11.1. The van der Waals surface area contributed by atoms with Gasteiger partial charge in [0.05, 0.1) is 5.56 Å². The highest BCUT2D eigenvalue weighted by Gasteiger charge is 2.30. The van der Waals surface area contributed by atoms with Gasteiger partial charge in [-0.25, -0.2) is 4.79 Å². The minimum absolute atomic E-state index is 0.307. The van der Waals surface area contributed by atoms with E-state index in [4.69, 9.17) is 16.7 Å². The van der Waals surface area contributed by atoms with Crippen molar-refractivity contribution in [1.82, 2.24) is 4.90 Å². The summed E-state index contributed by atoms with van der Waals surface area (Å²) in [5, 5.41) is 9.76. The number of likely N-dealkylation sites (tertiary alicyclic amines) is 1. The lowest BCUT2D eigenvalue weighted by Gasteiger charge is -2.40. The van der Waals surface area contributed by atoms with Gasteiger partial charge in [0.15, 0.2) is 0 Å². The Morgan fingerprint density at radius 2 is 2.00 bits per heavy atom. The molecule has 1 fully saturated rings. The summed E-state index contributed by atoms with van der Waals surface area (Å²) in [6.45, 7) is 9.80. The molecule has 0 amide bonds. The molecule has 22 heavy (non-hydrogen) atoms. The zero-order valence-corrected chi connectivity index (χ0v) is 14.5. The molecule has 0 spiro atoms. The van der Waals surface area contributed by atoms with Crippen molar-refractivity contribution in [2.24, 2.45) is 11.3 Å². The Morgan fingerprint density at radius 3 is 2.55 bits per heavy atom. The number of carbonyl (C=O) groups is 1. The van der Waals surface area contributed by atoms with Gasteiger partial charge < -0.3 is 5.11 Å². The fraction of sp³-hybridized carbons (Fsp3) is 0.611. The van der Waals surface area contributed by atoms with E-state index >= 15 is 0 Å². The Morgan fingerprint density at radius 1 is 1.36 bits per heavy atom. The highest BCUT2D eigenvalue weighted by molar-refractivity contribution is 6.31. The molecule has 4 heteroatoms. The zero-order chi connectivity index (χ0) is 16.3. The van der Waals surface area contributed by atoms with Crippen molar-refractivity contribution in [2.45, 2.75) is 46.6 Å². The van der Waals surface area contributed by atoms with Crippen LogP contribution in [0.1, 0.15) is 56.0 Å². The van der Waals surface area contributed by atoms with Crippen LogP contribution in [0.3, 0.4) is 0 Å². The Bertz CT molecular complexity index is 534. The average Bonchev–Trinajstić information content (AvgIpc) is 2.42. The molecule has 0 saturated carbocycles. The van der Waals surface area contributed by atoms with Gasteiger partial charge in [-0.3, -0.25) is 4.90 Å². The first-order valence-electron chi connectivity index (χ1n) is 8.03. The van der Waals surface area contributed by atoms with E-state index in [1.165, 1.54) is 19.3 Å². The van der Waals surface area contributed by atoms with Gasteiger partial charge in [0.2, 0.25) is 0 Å². The molecule has 1 saturated heterocycles. The molecule has 122 valence electrons. The van der Waals surface area contributed by atoms with E-state index < -0.39 is 5.97 Å². The highest BCUT2D eigenvalue weighted by atomic mass is 35.5. The van der Waals surface area contributed by atoms with E-state index in [-0.39, 0.29) is 0 Å². The van der Waals surface area contributed by atoms with Crippen molar-refractivity contribution >= 4 is 17.6 Å². The summed E-state index contributed by atoms with van der Waals surface area (Å²) in [6, 6.07) is 4.95. The summed E-state index contributed by atoms with van der Waals surface area (Å²) >= 11 is 6.23. The van der Waals surface area contributed by atoms with Crippen LogP contribution in [0.4, 0.5) is 0 Å². The summed E-state index contributed by atoms with van der Waals surface area (Å²) in [7, 11) is 0. The molecule has 1 N–H and O–H groups in total. The summed E-state index contributed by atoms with van der Waals surface area (Å²) in [6.07, 6.45) is 3.67. The molecular weight excluding hydrogens is 298 g/mol. The number of halogens is 1. The number of carboxylic acids is 1. The summed E-state index contributed by atoms with van der Waals surface area (Å²) in [4.78, 5) is 13.5. The first-order valence-corrected chi connectivity index (χ1v) is 8.41. The van der Waals surface area contributed by atoms with Gasteiger partial charge in [0.25, 0.3) is 0 Å². The van der Waals surface area contributed by atoms with Crippen LogP contribution in [0.15, 0.2) is 18.2 Å². The van der Waals surface area contributed by atoms with E-state index in [2.05, 4.69) is 25.7 Å². The van der Waals surface area contributed by atoms with E-state index in [9.17, 15) is 4.79 Å². The Labute approximate surface area is 138 Å². The van der Waals surface area contributed by atoms with Crippen LogP contribution < -0.4 is 0 Å². The smallest absolute Gasteiger partial charge is 0.335 e. The van der Waals surface area contributed by atoms with Gasteiger partial charge in [0, 0.05) is 11.6 Å². The normalized spacial score (nSPS) is 18.6. The van der Waals surface area contributed by atoms with Gasteiger partial charge in [-0.05, 0) is 67.4 Å². The van der Waals surface area contributed by atoms with Gasteiger partial charge in [0.1, 0.15) is 0 Å². The molecule has 0 atom stereocenters. The van der Waals surface area contributed by atoms with Crippen LogP contribution >= 0.6 is 11.6 Å². The second kappa shape index (κ2) is 7.01. The van der Waals surface area contributed by atoms with Crippen LogP contribution in [0.5, 0.6) is 0 Å². The highest BCUT2D eigenvalue weighted by Crippen LogP contribution is 2.37. The van der Waals surface area contributed by atoms with Crippen LogP contribution in [-0.2, 0) is 6.54 Å². The quantitative estimate of drug-likeness (QED) is 0.854. The minimum atomic E-state index is -0.902. The largest absolute Gasteiger partial charge is 0.478 e. The average molecular weight is 324 g/mol. The van der Waals surface area contributed by atoms with E-state index in [0.29, 0.717) is 16.0 Å². The number of nitrogens with zero attached hydrogens (tertiary/aromatic N) is 1. The molecule has 3 nitrogen and oxygen atoms in total. The first kappa shape index (κ1) is 17.3. The number of rotatable bonds is 5. The standard InChI is InChI=1S/C18H26ClNO2/c1-13(2)11-18(3)6-8-20(9-7-18)12-15-10-14(17(21)22)4-5-16(15)19/h4-5,10,13H,6-9,11-12H2,1-3H3,(H,21,22). The lowest BCUT2D eigenvalue weighted by Crippen LogP contribution is -2.38. The summed E-state index contributed by atoms with van der Waals surface area (Å²) in [5.74, 6) is -0.167. The first-order chi connectivity index (χ1) is 10.3. The third kappa shape index (κ3) is 4.47. The number of aromatic carboxylic acids is 1. The van der Waals surface area contributed by atoms with Crippen molar-refractivity contribution in [3.05, 3.63) is 34.3 Å². The van der Waals surface area contributed by atoms with Gasteiger partial charge in [-0.15, -0.1) is 0 Å². The summed E-state index contributed by atoms with van der Waals surface area (Å²) in [5.41, 5.74) is 1.66. The fourth-order valence-electron chi connectivity index (χ4n) is 3.51. The van der Waals surface area contributed by atoms with E-state index in [1.807, 2.05) is 0 Å². The van der Waals surface area contributed by atoms with Crippen molar-refractivity contribution in [1.29, 1.82) is 0 Å². The van der Waals surface area contributed by atoms with E-state index in [0.717, 1.165) is 31.1 Å². The number of benzene rings is 1. The lowest BCUT2D eigenvalue weighted by molar-refractivity contribution is 0.0696. The predicted octanol–water partition coefficient (Wildman–Crippen LogP) is 4.69. The van der Waals surface area contributed by atoms with Crippen LogP contribution in [0.25, 0.3) is 0 Å². The van der Waals surface area contributed by atoms with Crippen molar-refractivity contribution in [3.63, 3.8) is 0 Å². The molecule has 1 heterocycles. The number of hydrogen-bond donors (Lipinski definition) is 1. The maximum Gasteiger partial charge on any atom is 0.335 e. The maximum absolute atomic E-state index is 11.1. The number of piperidine rings is 1. The third-order valence-corrected chi connectivity index (χ3v) is 5.02.